The molecular weight excluding hydrogens is 322 g/mol. The number of Topliss-reactive ketones (excluding diaryl/α,β-unsaturated/α-hetero) is 2. The van der Waals surface area contributed by atoms with Crippen LogP contribution in [0.4, 0.5) is 5.69 Å². The third-order valence-corrected chi connectivity index (χ3v) is 5.85. The van der Waals surface area contributed by atoms with E-state index in [-0.39, 0.29) is 22.4 Å². The van der Waals surface area contributed by atoms with Crippen LogP contribution in [-0.4, -0.2) is 11.6 Å². The molecule has 0 atom stereocenters. The van der Waals surface area contributed by atoms with Gasteiger partial charge in [-0.2, -0.15) is 0 Å². The van der Waals surface area contributed by atoms with E-state index in [0.29, 0.717) is 19.3 Å². The van der Waals surface area contributed by atoms with Crippen LogP contribution in [0.2, 0.25) is 0 Å². The number of hydrogen-bond acceptors (Lipinski definition) is 3. The Labute approximate surface area is 155 Å². The van der Waals surface area contributed by atoms with Gasteiger partial charge in [0, 0.05) is 47.5 Å². The van der Waals surface area contributed by atoms with Gasteiger partial charge < -0.3 is 4.90 Å². The topological polar surface area (TPSA) is 37.4 Å². The van der Waals surface area contributed by atoms with Gasteiger partial charge in [-0.15, -0.1) is 0 Å². The minimum Gasteiger partial charge on any atom is -0.317 e. The van der Waals surface area contributed by atoms with E-state index in [1.165, 1.54) is 0 Å². The number of rotatable bonds is 1. The Bertz CT molecular complexity index is 803. The number of carbonyl (C=O) groups is 2. The Morgan fingerprint density at radius 3 is 1.65 bits per heavy atom. The molecule has 0 saturated carbocycles. The van der Waals surface area contributed by atoms with E-state index in [1.54, 1.807) is 0 Å². The minimum absolute atomic E-state index is 0.0464. The molecule has 4 rings (SSSR count). The van der Waals surface area contributed by atoms with Crippen LogP contribution in [0.5, 0.6) is 0 Å². The molecule has 3 nitrogen and oxygen atoms in total. The molecule has 1 heterocycles. The van der Waals surface area contributed by atoms with Crippen LogP contribution in [0.3, 0.4) is 0 Å². The summed E-state index contributed by atoms with van der Waals surface area (Å²) in [5, 5.41) is 0. The number of hydrogen-bond donors (Lipinski definition) is 0. The van der Waals surface area contributed by atoms with Gasteiger partial charge in [-0.3, -0.25) is 9.59 Å². The SMILES string of the molecule is CC1(C)CC(=O)C2=C(C1)N(c1ccccc1)C1=C(C2)C(=O)CC(C)(C)C1. The first-order chi connectivity index (χ1) is 12.2. The highest BCUT2D eigenvalue weighted by molar-refractivity contribution is 6.05. The van der Waals surface area contributed by atoms with Crippen LogP contribution < -0.4 is 4.90 Å². The van der Waals surface area contributed by atoms with Gasteiger partial charge in [0.2, 0.25) is 0 Å². The maximum Gasteiger partial charge on any atom is 0.161 e. The minimum atomic E-state index is -0.0464. The van der Waals surface area contributed by atoms with E-state index in [0.717, 1.165) is 41.1 Å². The lowest BCUT2D eigenvalue weighted by molar-refractivity contribution is -0.118. The molecule has 3 aliphatic rings. The summed E-state index contributed by atoms with van der Waals surface area (Å²) in [6, 6.07) is 10.2. The highest BCUT2D eigenvalue weighted by atomic mass is 16.1. The highest BCUT2D eigenvalue weighted by Gasteiger charge is 2.44. The second-order valence-corrected chi connectivity index (χ2v) is 9.58. The first-order valence-electron chi connectivity index (χ1n) is 9.53. The first kappa shape index (κ1) is 17.3. The van der Waals surface area contributed by atoms with Crippen molar-refractivity contribution in [2.75, 3.05) is 4.90 Å². The van der Waals surface area contributed by atoms with Gasteiger partial charge >= 0.3 is 0 Å². The van der Waals surface area contributed by atoms with Crippen molar-refractivity contribution in [1.29, 1.82) is 0 Å². The Morgan fingerprint density at radius 2 is 1.19 bits per heavy atom. The fourth-order valence-corrected chi connectivity index (χ4v) is 4.71. The van der Waals surface area contributed by atoms with Gasteiger partial charge in [0.1, 0.15) is 0 Å². The van der Waals surface area contributed by atoms with Crippen molar-refractivity contribution in [3.8, 4) is 0 Å². The lowest BCUT2D eigenvalue weighted by Gasteiger charge is -2.46. The van der Waals surface area contributed by atoms with E-state index >= 15 is 0 Å². The predicted molar refractivity (Wildman–Crippen MR) is 104 cm³/mol. The van der Waals surface area contributed by atoms with Crippen LogP contribution in [-0.2, 0) is 9.59 Å². The van der Waals surface area contributed by atoms with E-state index < -0.39 is 0 Å². The molecule has 0 fully saturated rings. The van der Waals surface area contributed by atoms with Gasteiger partial charge in [0.05, 0.1) is 0 Å². The molecule has 0 N–H and O–H groups in total. The van der Waals surface area contributed by atoms with Crippen LogP contribution in [0.15, 0.2) is 52.9 Å². The van der Waals surface area contributed by atoms with Crippen LogP contribution in [0.25, 0.3) is 0 Å². The average Bonchev–Trinajstić information content (AvgIpc) is 2.52. The summed E-state index contributed by atoms with van der Waals surface area (Å²) in [5.74, 6) is 0.419. The van der Waals surface area contributed by atoms with Gasteiger partial charge in [-0.05, 0) is 35.8 Å². The zero-order valence-corrected chi connectivity index (χ0v) is 16.2. The Hall–Kier alpha value is -2.16. The number of carbonyl (C=O) groups excluding carboxylic acids is 2. The van der Waals surface area contributed by atoms with E-state index in [2.05, 4.69) is 44.7 Å². The van der Waals surface area contributed by atoms with Gasteiger partial charge in [-0.25, -0.2) is 0 Å². The standard InChI is InChI=1S/C23H27NO2/c1-22(2)11-18-16(20(25)13-22)10-17-19(12-23(3,4)14-21(17)26)24(18)15-8-6-5-7-9-15/h5-9H,10-14H2,1-4H3. The molecule has 0 amide bonds. The lowest BCUT2D eigenvalue weighted by atomic mass is 9.68. The molecule has 1 aliphatic heterocycles. The van der Waals surface area contributed by atoms with Crippen molar-refractivity contribution in [1.82, 2.24) is 0 Å². The average molecular weight is 349 g/mol. The van der Waals surface area contributed by atoms with Crippen molar-refractivity contribution in [2.24, 2.45) is 10.8 Å². The molecule has 136 valence electrons. The maximum atomic E-state index is 12.9. The molecule has 0 aromatic heterocycles. The normalized spacial score (nSPS) is 24.5. The number of benzene rings is 1. The molecule has 0 spiro atoms. The Kier molecular flexibility index (Phi) is 3.76. The lowest BCUT2D eigenvalue weighted by Crippen LogP contribution is -2.41. The van der Waals surface area contributed by atoms with Crippen molar-refractivity contribution in [2.45, 2.75) is 59.8 Å². The van der Waals surface area contributed by atoms with Gasteiger partial charge in [0.25, 0.3) is 0 Å². The summed E-state index contributed by atoms with van der Waals surface area (Å²) in [5.41, 5.74) is 4.91. The molecule has 3 heteroatoms. The molecule has 1 aromatic rings. The second kappa shape index (κ2) is 5.67. The molecule has 0 unspecified atom stereocenters. The van der Waals surface area contributed by atoms with E-state index in [4.69, 9.17) is 0 Å². The summed E-state index contributed by atoms with van der Waals surface area (Å²) in [4.78, 5) is 28.1. The molecule has 0 bridgehead atoms. The van der Waals surface area contributed by atoms with Crippen LogP contribution >= 0.6 is 0 Å². The summed E-state index contributed by atoms with van der Waals surface area (Å²) in [6.45, 7) is 8.66. The van der Waals surface area contributed by atoms with Crippen molar-refractivity contribution in [3.05, 3.63) is 52.9 Å². The highest BCUT2D eigenvalue weighted by Crippen LogP contribution is 2.50. The Morgan fingerprint density at radius 1 is 0.731 bits per heavy atom. The molecule has 2 aliphatic carbocycles. The quantitative estimate of drug-likeness (QED) is 0.701. The fourth-order valence-electron chi connectivity index (χ4n) is 4.71. The third-order valence-electron chi connectivity index (χ3n) is 5.85. The zero-order chi connectivity index (χ0) is 18.7. The second-order valence-electron chi connectivity index (χ2n) is 9.58. The van der Waals surface area contributed by atoms with Crippen molar-refractivity contribution in [3.63, 3.8) is 0 Å². The number of para-hydroxylation sites is 1. The molecule has 1 aromatic carbocycles. The van der Waals surface area contributed by atoms with E-state index in [9.17, 15) is 9.59 Å². The zero-order valence-electron chi connectivity index (χ0n) is 16.2. The van der Waals surface area contributed by atoms with Gasteiger partial charge in [-0.1, -0.05) is 45.9 Å². The molecule has 26 heavy (non-hydrogen) atoms. The van der Waals surface area contributed by atoms with Crippen LogP contribution in [0, 0.1) is 10.8 Å². The largest absolute Gasteiger partial charge is 0.317 e. The monoisotopic (exact) mass is 349 g/mol. The Balaban J connectivity index is 1.91. The number of ketones is 2. The molecule has 0 saturated heterocycles. The van der Waals surface area contributed by atoms with E-state index in [1.807, 2.05) is 18.2 Å². The van der Waals surface area contributed by atoms with Gasteiger partial charge in [0.15, 0.2) is 11.6 Å². The van der Waals surface area contributed by atoms with Crippen molar-refractivity contribution < 1.29 is 9.59 Å². The third kappa shape index (κ3) is 2.84. The molecular formula is C23H27NO2. The summed E-state index contributed by atoms with van der Waals surface area (Å²) in [7, 11) is 0. The number of nitrogens with zero attached hydrogens (tertiary/aromatic N) is 1. The molecule has 0 radical (unpaired) electrons. The number of allylic oxidation sites excluding steroid dienone is 4. The number of anilines is 1. The first-order valence-corrected chi connectivity index (χ1v) is 9.53. The predicted octanol–water partition coefficient (Wildman–Crippen LogP) is 5.18. The summed E-state index contributed by atoms with van der Waals surface area (Å²) in [6.07, 6.45) is 3.40. The van der Waals surface area contributed by atoms with Crippen molar-refractivity contribution >= 4 is 17.3 Å². The maximum absolute atomic E-state index is 12.9. The fraction of sp³-hybridized carbons (Fsp3) is 0.478. The smallest absolute Gasteiger partial charge is 0.161 e. The summed E-state index contributed by atoms with van der Waals surface area (Å²) < 4.78 is 0. The van der Waals surface area contributed by atoms with Crippen LogP contribution in [0.1, 0.15) is 59.8 Å². The summed E-state index contributed by atoms with van der Waals surface area (Å²) >= 11 is 0.